The monoisotopic (exact) mass is 469 g/mol. The molecule has 5 rings (SSSR count). The highest BCUT2D eigenvalue weighted by Crippen LogP contribution is 2.43. The molecule has 2 aliphatic heterocycles. The summed E-state index contributed by atoms with van der Waals surface area (Å²) in [5.74, 6) is -0.224. The van der Waals surface area contributed by atoms with E-state index in [0.717, 1.165) is 18.5 Å². The summed E-state index contributed by atoms with van der Waals surface area (Å²) in [6.45, 7) is 3.67. The number of nitrogens with zero attached hydrogens (tertiary/aromatic N) is 5. The van der Waals surface area contributed by atoms with Crippen molar-refractivity contribution < 1.29 is 8.78 Å². The van der Waals surface area contributed by atoms with Crippen molar-refractivity contribution in [2.24, 2.45) is 0 Å². The summed E-state index contributed by atoms with van der Waals surface area (Å²) < 4.78 is 34.0. The Kier molecular flexibility index (Phi) is 6.64. The summed E-state index contributed by atoms with van der Waals surface area (Å²) >= 11 is 1.82. The molecule has 0 aliphatic carbocycles. The Hall–Kier alpha value is -2.45. The van der Waals surface area contributed by atoms with Crippen molar-refractivity contribution in [1.82, 2.24) is 19.1 Å². The van der Waals surface area contributed by atoms with Crippen LogP contribution in [-0.2, 0) is 6.54 Å². The number of anilines is 1. The molecule has 0 amide bonds. The van der Waals surface area contributed by atoms with Crippen molar-refractivity contribution in [3.05, 3.63) is 78.1 Å². The van der Waals surface area contributed by atoms with Gasteiger partial charge >= 0.3 is 0 Å². The van der Waals surface area contributed by atoms with E-state index in [2.05, 4.69) is 45.7 Å². The summed E-state index contributed by atoms with van der Waals surface area (Å²) in [5.41, 5.74) is 2.75. The van der Waals surface area contributed by atoms with Crippen molar-refractivity contribution >= 4 is 17.6 Å². The fraction of sp³-hybridized carbons (Fsp3) is 0.440. The summed E-state index contributed by atoms with van der Waals surface area (Å²) in [4.78, 5) is 1.93. The maximum Gasteiger partial charge on any atom is 0.138 e. The van der Waals surface area contributed by atoms with E-state index in [1.807, 2.05) is 35.0 Å². The van der Waals surface area contributed by atoms with Gasteiger partial charge in [0, 0.05) is 35.6 Å². The van der Waals surface area contributed by atoms with Crippen molar-refractivity contribution in [2.75, 3.05) is 18.0 Å². The number of alkyl halides is 1. The number of benzene rings is 2. The van der Waals surface area contributed by atoms with E-state index in [1.54, 1.807) is 23.3 Å². The maximum atomic E-state index is 15.1. The second kappa shape index (κ2) is 9.81. The van der Waals surface area contributed by atoms with E-state index in [0.29, 0.717) is 36.4 Å². The minimum absolute atomic E-state index is 0.224. The maximum absolute atomic E-state index is 15.1. The largest absolute Gasteiger partial charge is 0.368 e. The Morgan fingerprint density at radius 2 is 1.82 bits per heavy atom. The normalized spacial score (nSPS) is 26.5. The van der Waals surface area contributed by atoms with Gasteiger partial charge in [-0.15, -0.1) is 10.2 Å². The first-order valence-electron chi connectivity index (χ1n) is 11.6. The van der Waals surface area contributed by atoms with Crippen molar-refractivity contribution in [1.29, 1.82) is 0 Å². The first kappa shape index (κ1) is 22.3. The molecule has 3 heterocycles. The van der Waals surface area contributed by atoms with Crippen molar-refractivity contribution in [3.8, 4) is 0 Å². The Bertz CT molecular complexity index is 1050. The summed E-state index contributed by atoms with van der Waals surface area (Å²) in [6.07, 6.45) is 4.91. The molecule has 0 radical (unpaired) electrons. The lowest BCUT2D eigenvalue weighted by Crippen LogP contribution is -2.42. The van der Waals surface area contributed by atoms with Crippen LogP contribution < -0.4 is 4.90 Å². The molecule has 0 saturated carbocycles. The standard InChI is InChI=1S/C25H29F2N5S/c1-18-7-10-25(19-5-3-2-4-6-19)33-32(18)14-20-8-9-21(13-22(20)26)30-12-11-24(23(27)15-30)31-16-28-29-17-31/h2-6,8-9,13,16-18,23-25H,7,10-12,14-15H2,1H3/t18-,23-,24-,25+/m0/s1. The first-order valence-corrected chi connectivity index (χ1v) is 12.4. The fourth-order valence-corrected chi connectivity index (χ4v) is 6.19. The molecule has 2 saturated heterocycles. The molecule has 2 fully saturated rings. The Labute approximate surface area is 197 Å². The molecule has 8 heteroatoms. The molecule has 0 spiro atoms. The quantitative estimate of drug-likeness (QED) is 0.456. The second-order valence-corrected chi connectivity index (χ2v) is 10.3. The van der Waals surface area contributed by atoms with Crippen LogP contribution in [0.2, 0.25) is 0 Å². The van der Waals surface area contributed by atoms with E-state index in [1.165, 1.54) is 5.56 Å². The van der Waals surface area contributed by atoms with Gasteiger partial charge in [-0.1, -0.05) is 48.3 Å². The highest BCUT2D eigenvalue weighted by atomic mass is 32.2. The zero-order chi connectivity index (χ0) is 22.8. The lowest BCUT2D eigenvalue weighted by atomic mass is 10.0. The predicted octanol–water partition coefficient (Wildman–Crippen LogP) is 5.58. The fourth-order valence-electron chi connectivity index (χ4n) is 4.82. The van der Waals surface area contributed by atoms with Crippen LogP contribution in [0.15, 0.2) is 61.2 Å². The second-order valence-electron chi connectivity index (χ2n) is 9.01. The van der Waals surface area contributed by atoms with Crippen LogP contribution in [-0.4, -0.2) is 44.4 Å². The van der Waals surface area contributed by atoms with E-state index in [9.17, 15) is 4.39 Å². The minimum atomic E-state index is -1.06. The van der Waals surface area contributed by atoms with Crippen molar-refractivity contribution in [3.63, 3.8) is 0 Å². The van der Waals surface area contributed by atoms with Gasteiger partial charge in [-0.05, 0) is 43.9 Å². The SMILES string of the molecule is C[C@H]1CC[C@H](c2ccccc2)SN1Cc1ccc(N2CC[C@H](n3cnnc3)[C@@H](F)C2)cc1F. The molecule has 2 aromatic carbocycles. The van der Waals surface area contributed by atoms with Gasteiger partial charge in [0.15, 0.2) is 0 Å². The number of halogens is 2. The van der Waals surface area contributed by atoms with Crippen LogP contribution in [0.3, 0.4) is 0 Å². The van der Waals surface area contributed by atoms with Crippen LogP contribution in [0, 0.1) is 5.82 Å². The van der Waals surface area contributed by atoms with Crippen LogP contribution >= 0.6 is 11.9 Å². The van der Waals surface area contributed by atoms with Crippen LogP contribution in [0.25, 0.3) is 0 Å². The van der Waals surface area contributed by atoms with E-state index >= 15 is 4.39 Å². The highest BCUT2D eigenvalue weighted by Gasteiger charge is 2.31. The number of hydrogen-bond donors (Lipinski definition) is 0. The van der Waals surface area contributed by atoms with Crippen LogP contribution in [0.5, 0.6) is 0 Å². The lowest BCUT2D eigenvalue weighted by molar-refractivity contribution is 0.199. The zero-order valence-corrected chi connectivity index (χ0v) is 19.5. The van der Waals surface area contributed by atoms with Gasteiger partial charge in [-0.3, -0.25) is 0 Å². The molecule has 0 unspecified atom stereocenters. The summed E-state index contributed by atoms with van der Waals surface area (Å²) in [7, 11) is 0. The van der Waals surface area contributed by atoms with Crippen LogP contribution in [0.4, 0.5) is 14.5 Å². The zero-order valence-electron chi connectivity index (χ0n) is 18.7. The smallest absolute Gasteiger partial charge is 0.138 e. The van der Waals surface area contributed by atoms with Gasteiger partial charge in [0.2, 0.25) is 0 Å². The van der Waals surface area contributed by atoms with Gasteiger partial charge in [-0.25, -0.2) is 13.1 Å². The van der Waals surface area contributed by atoms with Gasteiger partial charge in [0.1, 0.15) is 24.6 Å². The molecule has 3 aromatic rings. The number of piperidine rings is 1. The lowest BCUT2D eigenvalue weighted by Gasteiger charge is -2.38. The third kappa shape index (κ3) is 4.92. The number of hydrogen-bond acceptors (Lipinski definition) is 5. The van der Waals surface area contributed by atoms with Gasteiger partial charge < -0.3 is 9.47 Å². The third-order valence-corrected chi connectivity index (χ3v) is 8.35. The molecular formula is C25H29F2N5S. The molecule has 1 aromatic heterocycles. The molecule has 5 nitrogen and oxygen atoms in total. The summed E-state index contributed by atoms with van der Waals surface area (Å²) in [5, 5.41) is 7.97. The summed E-state index contributed by atoms with van der Waals surface area (Å²) in [6, 6.07) is 16.0. The third-order valence-electron chi connectivity index (χ3n) is 6.83. The Morgan fingerprint density at radius 1 is 1.03 bits per heavy atom. The molecular weight excluding hydrogens is 440 g/mol. The Morgan fingerprint density at radius 3 is 2.55 bits per heavy atom. The molecule has 33 heavy (non-hydrogen) atoms. The van der Waals surface area contributed by atoms with E-state index in [-0.39, 0.29) is 18.4 Å². The topological polar surface area (TPSA) is 37.2 Å². The Balaban J connectivity index is 1.24. The molecule has 174 valence electrons. The molecule has 0 N–H and O–H groups in total. The van der Waals surface area contributed by atoms with Gasteiger partial charge in [0.25, 0.3) is 0 Å². The average Bonchev–Trinajstić information content (AvgIpc) is 3.37. The van der Waals surface area contributed by atoms with Gasteiger partial charge in [-0.2, -0.15) is 0 Å². The van der Waals surface area contributed by atoms with E-state index in [4.69, 9.17) is 0 Å². The van der Waals surface area contributed by atoms with Crippen LogP contribution in [0.1, 0.15) is 48.6 Å². The molecule has 4 atom stereocenters. The van der Waals surface area contributed by atoms with E-state index < -0.39 is 6.17 Å². The average molecular weight is 470 g/mol. The van der Waals surface area contributed by atoms with Crippen molar-refractivity contribution in [2.45, 2.75) is 56.2 Å². The highest BCUT2D eigenvalue weighted by molar-refractivity contribution is 7.97. The first-order chi connectivity index (χ1) is 16.1. The molecule has 2 aliphatic rings. The molecule has 0 bridgehead atoms. The minimum Gasteiger partial charge on any atom is -0.368 e. The van der Waals surface area contributed by atoms with Gasteiger partial charge in [0.05, 0.1) is 12.6 Å². The predicted molar refractivity (Wildman–Crippen MR) is 128 cm³/mol. The number of rotatable bonds is 5. The number of aromatic nitrogens is 3.